The summed E-state index contributed by atoms with van der Waals surface area (Å²) in [5, 5.41) is 0. The smallest absolute Gasteiger partial charge is 0.331 e. The van der Waals surface area contributed by atoms with Gasteiger partial charge in [0.25, 0.3) is 0 Å². The van der Waals surface area contributed by atoms with Gasteiger partial charge in [-0.25, -0.2) is 0 Å². The molecule has 0 bridgehead atoms. The van der Waals surface area contributed by atoms with Crippen LogP contribution in [0.4, 0.5) is 8.78 Å². The molecule has 0 aliphatic rings. The molecule has 0 aromatic heterocycles. The van der Waals surface area contributed by atoms with E-state index in [4.69, 9.17) is 14.2 Å². The summed E-state index contributed by atoms with van der Waals surface area (Å²) < 4.78 is 41.3. The molecule has 17 heavy (non-hydrogen) atoms. The number of hydrogen-bond acceptors (Lipinski definition) is 4. The lowest BCUT2D eigenvalue weighted by Gasteiger charge is -2.17. The normalized spacial score (nSPS) is 10.9. The summed E-state index contributed by atoms with van der Waals surface area (Å²) in [6.07, 6.45) is -0.448. The zero-order chi connectivity index (χ0) is 13.1. The van der Waals surface area contributed by atoms with Crippen molar-refractivity contribution in [3.8, 4) is 17.2 Å². The van der Waals surface area contributed by atoms with E-state index >= 15 is 0 Å². The molecule has 0 saturated heterocycles. The van der Waals surface area contributed by atoms with E-state index in [9.17, 15) is 13.6 Å². The molecule has 0 unspecified atom stereocenters. The van der Waals surface area contributed by atoms with E-state index in [1.807, 2.05) is 0 Å². The third-order valence-corrected chi connectivity index (χ3v) is 2.21. The second-order valence-electron chi connectivity index (χ2n) is 3.15. The highest BCUT2D eigenvalue weighted by atomic mass is 19.3. The predicted octanol–water partition coefficient (Wildman–Crippen LogP) is 2.00. The Balaban J connectivity index is 3.43. The van der Waals surface area contributed by atoms with Gasteiger partial charge in [-0.1, -0.05) is 0 Å². The van der Waals surface area contributed by atoms with Crippen LogP contribution in [-0.4, -0.2) is 27.6 Å². The molecule has 0 N–H and O–H groups in total. The van der Waals surface area contributed by atoms with Crippen LogP contribution in [0.1, 0.15) is 5.56 Å². The Kier molecular flexibility index (Phi) is 3.88. The number of rotatable bonds is 5. The van der Waals surface area contributed by atoms with Crippen LogP contribution in [-0.2, 0) is 10.7 Å². The molecule has 0 atom stereocenters. The maximum absolute atomic E-state index is 13.3. The summed E-state index contributed by atoms with van der Waals surface area (Å²) in [5.41, 5.74) is -0.562. The predicted molar refractivity (Wildman–Crippen MR) is 56.1 cm³/mol. The second kappa shape index (κ2) is 4.99. The molecule has 0 saturated carbocycles. The van der Waals surface area contributed by atoms with Crippen molar-refractivity contribution in [2.75, 3.05) is 21.3 Å². The molecule has 1 aromatic rings. The average molecular weight is 246 g/mol. The van der Waals surface area contributed by atoms with Crippen molar-refractivity contribution in [2.24, 2.45) is 0 Å². The molecule has 1 rings (SSSR count). The summed E-state index contributed by atoms with van der Waals surface area (Å²) >= 11 is 0. The molecule has 0 aliphatic carbocycles. The van der Waals surface area contributed by atoms with Gasteiger partial charge in [-0.2, -0.15) is 8.78 Å². The zero-order valence-corrected chi connectivity index (χ0v) is 9.62. The van der Waals surface area contributed by atoms with Crippen LogP contribution in [0.3, 0.4) is 0 Å². The minimum Gasteiger partial charge on any atom is -0.496 e. The largest absolute Gasteiger partial charge is 0.496 e. The van der Waals surface area contributed by atoms with Gasteiger partial charge >= 0.3 is 5.92 Å². The van der Waals surface area contributed by atoms with E-state index in [0.717, 1.165) is 6.07 Å². The summed E-state index contributed by atoms with van der Waals surface area (Å²) in [6.45, 7) is 0. The summed E-state index contributed by atoms with van der Waals surface area (Å²) in [4.78, 5) is 10.4. The number of carbonyl (C=O) groups excluding carboxylic acids is 1. The Morgan fingerprint density at radius 1 is 1.00 bits per heavy atom. The van der Waals surface area contributed by atoms with Gasteiger partial charge in [0.1, 0.15) is 5.75 Å². The molecular formula is C11H12F2O4. The first kappa shape index (κ1) is 13.2. The standard InChI is InChI=1S/C11H12F2O4/c1-15-8-5-10(17-3)9(16-2)4-7(8)11(12,13)6-14/h4-6H,1-3H3. The summed E-state index contributed by atoms with van der Waals surface area (Å²) in [6, 6.07) is 2.26. The SMILES string of the molecule is COc1cc(OC)c(C(F)(F)C=O)cc1OC. The second-order valence-corrected chi connectivity index (χ2v) is 3.15. The number of carbonyl (C=O) groups is 1. The van der Waals surface area contributed by atoms with E-state index in [1.165, 1.54) is 27.4 Å². The molecule has 94 valence electrons. The lowest BCUT2D eigenvalue weighted by atomic mass is 10.1. The van der Waals surface area contributed by atoms with Crippen LogP contribution in [0.25, 0.3) is 0 Å². The van der Waals surface area contributed by atoms with Crippen LogP contribution in [0, 0.1) is 0 Å². The van der Waals surface area contributed by atoms with Gasteiger partial charge in [0.15, 0.2) is 17.8 Å². The van der Waals surface area contributed by atoms with Crippen LogP contribution < -0.4 is 14.2 Å². The minimum atomic E-state index is -3.63. The Morgan fingerprint density at radius 2 is 1.47 bits per heavy atom. The van der Waals surface area contributed by atoms with Crippen LogP contribution >= 0.6 is 0 Å². The zero-order valence-electron chi connectivity index (χ0n) is 9.62. The first-order valence-corrected chi connectivity index (χ1v) is 4.64. The molecule has 0 aliphatic heterocycles. The third kappa shape index (κ3) is 2.46. The molecule has 0 amide bonds. The van der Waals surface area contributed by atoms with Gasteiger partial charge in [0, 0.05) is 6.07 Å². The molecule has 0 radical (unpaired) electrons. The number of benzene rings is 1. The number of aldehydes is 1. The van der Waals surface area contributed by atoms with Gasteiger partial charge in [-0.3, -0.25) is 4.79 Å². The summed E-state index contributed by atoms with van der Waals surface area (Å²) in [7, 11) is 3.91. The molecule has 6 heteroatoms. The van der Waals surface area contributed by atoms with Gasteiger partial charge in [0.05, 0.1) is 26.9 Å². The topological polar surface area (TPSA) is 44.8 Å². The minimum absolute atomic E-state index is 0.102. The fourth-order valence-corrected chi connectivity index (χ4v) is 1.35. The van der Waals surface area contributed by atoms with E-state index in [2.05, 4.69) is 0 Å². The maximum atomic E-state index is 13.3. The van der Waals surface area contributed by atoms with Gasteiger partial charge < -0.3 is 14.2 Å². The van der Waals surface area contributed by atoms with E-state index in [-0.39, 0.29) is 17.2 Å². The molecular weight excluding hydrogens is 234 g/mol. The Labute approximate surface area is 97.1 Å². The van der Waals surface area contributed by atoms with Gasteiger partial charge in [0.2, 0.25) is 0 Å². The highest BCUT2D eigenvalue weighted by Gasteiger charge is 2.35. The van der Waals surface area contributed by atoms with Crippen molar-refractivity contribution in [3.05, 3.63) is 17.7 Å². The third-order valence-electron chi connectivity index (χ3n) is 2.21. The monoisotopic (exact) mass is 246 g/mol. The van der Waals surface area contributed by atoms with E-state index in [1.54, 1.807) is 0 Å². The van der Waals surface area contributed by atoms with Crippen LogP contribution in [0.15, 0.2) is 12.1 Å². The molecule has 4 nitrogen and oxygen atoms in total. The van der Waals surface area contributed by atoms with Crippen molar-refractivity contribution in [1.82, 2.24) is 0 Å². The van der Waals surface area contributed by atoms with Crippen molar-refractivity contribution >= 4 is 6.29 Å². The number of hydrogen-bond donors (Lipinski definition) is 0. The molecule has 0 fully saturated rings. The van der Waals surface area contributed by atoms with Gasteiger partial charge in [-0.15, -0.1) is 0 Å². The lowest BCUT2D eigenvalue weighted by molar-refractivity contribution is -0.130. The number of methoxy groups -OCH3 is 3. The summed E-state index contributed by atoms with van der Waals surface area (Å²) in [5.74, 6) is -3.43. The van der Waals surface area contributed by atoms with Crippen LogP contribution in [0.5, 0.6) is 17.2 Å². The van der Waals surface area contributed by atoms with Crippen molar-refractivity contribution in [2.45, 2.75) is 5.92 Å². The maximum Gasteiger partial charge on any atom is 0.331 e. The first-order chi connectivity index (χ1) is 8.00. The molecule has 0 spiro atoms. The van der Waals surface area contributed by atoms with E-state index < -0.39 is 17.8 Å². The van der Waals surface area contributed by atoms with Crippen molar-refractivity contribution in [1.29, 1.82) is 0 Å². The number of halogens is 2. The Bertz CT molecular complexity index is 418. The molecule has 0 heterocycles. The van der Waals surface area contributed by atoms with Crippen molar-refractivity contribution < 1.29 is 27.8 Å². The Morgan fingerprint density at radius 3 is 1.88 bits per heavy atom. The van der Waals surface area contributed by atoms with Crippen LogP contribution in [0.2, 0.25) is 0 Å². The van der Waals surface area contributed by atoms with Crippen molar-refractivity contribution in [3.63, 3.8) is 0 Å². The quantitative estimate of drug-likeness (QED) is 0.745. The fraction of sp³-hybridized carbons (Fsp3) is 0.364. The number of alkyl halides is 2. The highest BCUT2D eigenvalue weighted by molar-refractivity contribution is 5.67. The highest BCUT2D eigenvalue weighted by Crippen LogP contribution is 2.41. The Hall–Kier alpha value is -1.85. The number of ether oxygens (including phenoxy) is 3. The van der Waals surface area contributed by atoms with Gasteiger partial charge in [-0.05, 0) is 6.07 Å². The first-order valence-electron chi connectivity index (χ1n) is 4.64. The average Bonchev–Trinajstić information content (AvgIpc) is 2.36. The fourth-order valence-electron chi connectivity index (χ4n) is 1.35. The lowest BCUT2D eigenvalue weighted by Crippen LogP contribution is -2.16. The van der Waals surface area contributed by atoms with E-state index in [0.29, 0.717) is 0 Å². The molecule has 1 aromatic carbocycles.